The van der Waals surface area contributed by atoms with E-state index in [1.165, 1.54) is 32.0 Å². The first-order valence-corrected chi connectivity index (χ1v) is 14.6. The molecule has 0 aliphatic rings. The van der Waals surface area contributed by atoms with Gasteiger partial charge in [-0.3, -0.25) is 4.57 Å². The first-order chi connectivity index (χ1) is 20.8. The van der Waals surface area contributed by atoms with E-state index in [9.17, 15) is 0 Å². The maximum Gasteiger partial charge on any atom is 0.235 e. The van der Waals surface area contributed by atoms with Gasteiger partial charge in [-0.1, -0.05) is 97.1 Å². The van der Waals surface area contributed by atoms with E-state index >= 15 is 0 Å². The van der Waals surface area contributed by atoms with Gasteiger partial charge in [-0.15, -0.1) is 11.3 Å². The molecule has 0 aliphatic carbocycles. The van der Waals surface area contributed by atoms with Gasteiger partial charge in [0, 0.05) is 43.4 Å². The van der Waals surface area contributed by atoms with Crippen LogP contribution >= 0.6 is 11.3 Å². The fraction of sp³-hybridized carbons (Fsp3) is 0. The summed E-state index contributed by atoms with van der Waals surface area (Å²) in [5.41, 5.74) is 7.40. The molecule has 9 rings (SSSR count). The number of nitrogens with zero attached hydrogens (tertiary/aromatic N) is 5. The van der Waals surface area contributed by atoms with Gasteiger partial charge in [-0.05, 0) is 29.3 Å². The Morgan fingerprint density at radius 2 is 1.29 bits per heavy atom. The molecule has 0 bridgehead atoms. The normalized spacial score (nSPS) is 11.8. The van der Waals surface area contributed by atoms with Gasteiger partial charge in [-0.2, -0.15) is 0 Å². The van der Waals surface area contributed by atoms with Gasteiger partial charge in [0.15, 0.2) is 0 Å². The summed E-state index contributed by atoms with van der Waals surface area (Å²) in [5, 5.41) is 5.64. The van der Waals surface area contributed by atoms with Gasteiger partial charge >= 0.3 is 0 Å². The van der Waals surface area contributed by atoms with Crippen molar-refractivity contribution in [2.24, 2.45) is 0 Å². The number of hydrogen-bond acceptors (Lipinski definition) is 5. The lowest BCUT2D eigenvalue weighted by molar-refractivity contribution is 1.01. The smallest absolute Gasteiger partial charge is 0.235 e. The molecule has 0 atom stereocenters. The molecule has 0 amide bonds. The van der Waals surface area contributed by atoms with E-state index in [0.29, 0.717) is 5.95 Å². The highest BCUT2D eigenvalue weighted by Gasteiger charge is 2.20. The van der Waals surface area contributed by atoms with Gasteiger partial charge < -0.3 is 0 Å². The summed E-state index contributed by atoms with van der Waals surface area (Å²) in [6.45, 7) is 0. The lowest BCUT2D eigenvalue weighted by atomic mass is 10.0. The fourth-order valence-electron chi connectivity index (χ4n) is 6.08. The minimum atomic E-state index is 0.655. The topological polar surface area (TPSA) is 56.5 Å². The van der Waals surface area contributed by atoms with Crippen LogP contribution in [0.15, 0.2) is 128 Å². The van der Waals surface area contributed by atoms with E-state index in [0.717, 1.165) is 43.4 Å². The van der Waals surface area contributed by atoms with E-state index in [4.69, 9.17) is 9.97 Å². The molecule has 6 heteroatoms. The molecule has 4 aromatic heterocycles. The Morgan fingerprint density at radius 1 is 0.548 bits per heavy atom. The molecule has 0 saturated heterocycles. The SMILES string of the molecule is c1ccc(-c2ccc(-c3nc(-n4c5ccccc5c5c6sc7ncncc7c6ccc54)nc4ccccc34)cc2)cc1. The van der Waals surface area contributed by atoms with Crippen molar-refractivity contribution in [2.45, 2.75) is 0 Å². The van der Waals surface area contributed by atoms with Gasteiger partial charge in [0.05, 0.1) is 22.2 Å². The summed E-state index contributed by atoms with van der Waals surface area (Å²) in [6, 6.07) is 40.3. The van der Waals surface area contributed by atoms with Crippen LogP contribution in [0, 0.1) is 0 Å². The van der Waals surface area contributed by atoms with Crippen LogP contribution in [0.5, 0.6) is 0 Å². The molecule has 4 heterocycles. The summed E-state index contributed by atoms with van der Waals surface area (Å²) in [7, 11) is 0. The van der Waals surface area contributed by atoms with Crippen molar-refractivity contribution < 1.29 is 0 Å². The van der Waals surface area contributed by atoms with Crippen molar-refractivity contribution >= 4 is 64.3 Å². The van der Waals surface area contributed by atoms with Crippen molar-refractivity contribution in [3.05, 3.63) is 128 Å². The second kappa shape index (κ2) is 9.03. The second-order valence-electron chi connectivity index (χ2n) is 10.4. The summed E-state index contributed by atoms with van der Waals surface area (Å²) >= 11 is 1.71. The quantitative estimate of drug-likeness (QED) is 0.218. The summed E-state index contributed by atoms with van der Waals surface area (Å²) < 4.78 is 3.41. The van der Waals surface area contributed by atoms with Crippen LogP contribution in [0.2, 0.25) is 0 Å². The number of thiophene rings is 1. The third-order valence-electron chi connectivity index (χ3n) is 8.01. The fourth-order valence-corrected chi connectivity index (χ4v) is 7.25. The van der Waals surface area contributed by atoms with E-state index in [1.54, 1.807) is 17.7 Å². The standard InChI is InChI=1S/C36H21N5S/c1-2-8-22(9-3-1)23-14-16-24(17-15-23)33-26-10-4-6-12-29(26)39-36(40-33)41-30-13-7-5-11-27(30)32-31(41)19-18-25-28-20-37-21-38-35(28)42-34(25)32/h1-21H. The monoisotopic (exact) mass is 555 g/mol. The first kappa shape index (κ1) is 23.3. The van der Waals surface area contributed by atoms with Gasteiger partial charge in [0.25, 0.3) is 0 Å². The van der Waals surface area contributed by atoms with Crippen molar-refractivity contribution in [3.8, 4) is 28.3 Å². The highest BCUT2D eigenvalue weighted by Crippen LogP contribution is 2.42. The van der Waals surface area contributed by atoms with E-state index < -0.39 is 0 Å². The Hall–Kier alpha value is -5.46. The summed E-state index contributed by atoms with van der Waals surface area (Å²) in [4.78, 5) is 20.2. The van der Waals surface area contributed by atoms with Crippen LogP contribution < -0.4 is 0 Å². The summed E-state index contributed by atoms with van der Waals surface area (Å²) in [5.74, 6) is 0.655. The van der Waals surface area contributed by atoms with Crippen LogP contribution in [0.25, 0.3) is 81.3 Å². The molecule has 0 spiro atoms. The Labute approximate surface area is 244 Å². The zero-order valence-electron chi connectivity index (χ0n) is 22.3. The largest absolute Gasteiger partial charge is 0.278 e. The molecule has 0 radical (unpaired) electrons. The van der Waals surface area contributed by atoms with Crippen molar-refractivity contribution in [1.29, 1.82) is 0 Å². The first-order valence-electron chi connectivity index (χ1n) is 13.8. The molecular weight excluding hydrogens is 534 g/mol. The van der Waals surface area contributed by atoms with E-state index in [2.05, 4.69) is 118 Å². The average molecular weight is 556 g/mol. The minimum absolute atomic E-state index is 0.655. The highest BCUT2D eigenvalue weighted by molar-refractivity contribution is 7.26. The molecule has 196 valence electrons. The number of rotatable bonds is 3. The second-order valence-corrected chi connectivity index (χ2v) is 11.4. The lowest BCUT2D eigenvalue weighted by Gasteiger charge is -2.12. The molecule has 0 unspecified atom stereocenters. The third kappa shape index (κ3) is 3.42. The Bertz CT molecular complexity index is 2460. The minimum Gasteiger partial charge on any atom is -0.278 e. The maximum absolute atomic E-state index is 5.27. The number of benzene rings is 5. The van der Waals surface area contributed by atoms with Crippen LogP contribution in [0.3, 0.4) is 0 Å². The molecule has 42 heavy (non-hydrogen) atoms. The van der Waals surface area contributed by atoms with Crippen LogP contribution in [0.4, 0.5) is 0 Å². The lowest BCUT2D eigenvalue weighted by Crippen LogP contribution is -2.03. The van der Waals surface area contributed by atoms with Crippen molar-refractivity contribution in [1.82, 2.24) is 24.5 Å². The molecule has 5 aromatic carbocycles. The molecule has 0 fully saturated rings. The average Bonchev–Trinajstić information content (AvgIpc) is 3.60. The Morgan fingerprint density at radius 3 is 2.17 bits per heavy atom. The maximum atomic E-state index is 5.27. The predicted octanol–water partition coefficient (Wildman–Crippen LogP) is 9.22. The van der Waals surface area contributed by atoms with Crippen LogP contribution in [-0.2, 0) is 0 Å². The molecular formula is C36H21N5S. The molecule has 0 N–H and O–H groups in total. The van der Waals surface area contributed by atoms with Crippen LogP contribution in [-0.4, -0.2) is 24.5 Å². The zero-order chi connectivity index (χ0) is 27.6. The van der Waals surface area contributed by atoms with Crippen LogP contribution in [0.1, 0.15) is 0 Å². The molecule has 5 nitrogen and oxygen atoms in total. The number of aromatic nitrogens is 5. The number of para-hydroxylation sites is 2. The number of fused-ring (bicyclic) bond motifs is 8. The molecule has 9 aromatic rings. The highest BCUT2D eigenvalue weighted by atomic mass is 32.1. The Balaban J connectivity index is 1.32. The van der Waals surface area contributed by atoms with Crippen molar-refractivity contribution in [3.63, 3.8) is 0 Å². The van der Waals surface area contributed by atoms with E-state index in [1.807, 2.05) is 18.3 Å². The van der Waals surface area contributed by atoms with Crippen molar-refractivity contribution in [2.75, 3.05) is 0 Å². The van der Waals surface area contributed by atoms with Gasteiger partial charge in [-0.25, -0.2) is 19.9 Å². The van der Waals surface area contributed by atoms with E-state index in [-0.39, 0.29) is 0 Å². The van der Waals surface area contributed by atoms with Gasteiger partial charge in [0.2, 0.25) is 5.95 Å². The number of hydrogen-bond donors (Lipinski definition) is 0. The van der Waals surface area contributed by atoms with Gasteiger partial charge in [0.1, 0.15) is 11.2 Å². The zero-order valence-corrected chi connectivity index (χ0v) is 23.1. The summed E-state index contributed by atoms with van der Waals surface area (Å²) in [6.07, 6.45) is 3.53. The predicted molar refractivity (Wildman–Crippen MR) is 173 cm³/mol. The third-order valence-corrected chi connectivity index (χ3v) is 9.16. The molecule has 0 saturated carbocycles. The Kier molecular flexibility index (Phi) is 5.00. The molecule has 0 aliphatic heterocycles.